The van der Waals surface area contributed by atoms with Gasteiger partial charge in [0.05, 0.1) is 13.2 Å². The lowest BCUT2D eigenvalue weighted by Crippen LogP contribution is -2.01. The number of rotatable bonds is 14. The number of benzene rings is 2. The molecule has 0 bridgehead atoms. The van der Waals surface area contributed by atoms with Crippen LogP contribution in [0.25, 0.3) is 10.8 Å². The average Bonchev–Trinajstić information content (AvgIpc) is 2.69. The predicted molar refractivity (Wildman–Crippen MR) is 118 cm³/mol. The van der Waals surface area contributed by atoms with Gasteiger partial charge in [-0.15, -0.1) is 11.6 Å². The molecule has 0 N–H and O–H groups in total. The highest BCUT2D eigenvalue weighted by molar-refractivity contribution is 6.17. The molecule has 2 nitrogen and oxygen atoms in total. The number of hydrogen-bond acceptors (Lipinski definition) is 2. The van der Waals surface area contributed by atoms with Gasteiger partial charge < -0.3 is 9.47 Å². The van der Waals surface area contributed by atoms with Gasteiger partial charge in [-0.1, -0.05) is 58.1 Å². The van der Waals surface area contributed by atoms with Crippen molar-refractivity contribution in [3.63, 3.8) is 0 Å². The average molecular weight is 391 g/mol. The normalized spacial score (nSPS) is 11.1. The summed E-state index contributed by atoms with van der Waals surface area (Å²) in [5, 5.41) is 2.51. The fraction of sp³-hybridized carbons (Fsp3) is 0.583. The Morgan fingerprint density at radius 3 is 2.26 bits per heavy atom. The maximum atomic E-state index is 6.12. The van der Waals surface area contributed by atoms with Gasteiger partial charge in [-0.3, -0.25) is 0 Å². The number of unbranched alkanes of at least 4 members (excludes halogenated alkanes) is 6. The molecule has 0 aliphatic heterocycles. The number of alkyl halides is 1. The standard InChI is InChI=1S/C24H35ClO2/c1-3-5-17-26-21-13-14-23-20(19-21)12-15-24(22(23)4-2)27-18-11-9-7-6-8-10-16-25/h12-15,19H,3-11,16-18H2,1-2H3. The molecule has 0 saturated carbocycles. The van der Waals surface area contributed by atoms with E-state index >= 15 is 0 Å². The second-order valence-electron chi connectivity index (χ2n) is 7.14. The Balaban J connectivity index is 1.90. The monoisotopic (exact) mass is 390 g/mol. The van der Waals surface area contributed by atoms with Gasteiger partial charge in [-0.05, 0) is 54.7 Å². The molecule has 0 atom stereocenters. The van der Waals surface area contributed by atoms with Gasteiger partial charge in [0.1, 0.15) is 11.5 Å². The first-order valence-corrected chi connectivity index (χ1v) is 11.2. The van der Waals surface area contributed by atoms with Gasteiger partial charge in [0.25, 0.3) is 0 Å². The molecule has 27 heavy (non-hydrogen) atoms. The topological polar surface area (TPSA) is 18.5 Å². The van der Waals surface area contributed by atoms with E-state index in [9.17, 15) is 0 Å². The van der Waals surface area contributed by atoms with E-state index in [0.29, 0.717) is 0 Å². The molecule has 0 heterocycles. The summed E-state index contributed by atoms with van der Waals surface area (Å²) in [6, 6.07) is 10.7. The van der Waals surface area contributed by atoms with Gasteiger partial charge in [0.15, 0.2) is 0 Å². The van der Waals surface area contributed by atoms with Gasteiger partial charge in [-0.2, -0.15) is 0 Å². The molecule has 0 aliphatic carbocycles. The van der Waals surface area contributed by atoms with Gasteiger partial charge in [0, 0.05) is 11.4 Å². The zero-order valence-corrected chi connectivity index (χ0v) is 17.8. The first kappa shape index (κ1) is 21.9. The SMILES string of the molecule is CCCCOc1ccc2c(CC)c(OCCCCCCCCCl)ccc2c1. The summed E-state index contributed by atoms with van der Waals surface area (Å²) in [6.45, 7) is 5.96. The van der Waals surface area contributed by atoms with Crippen molar-refractivity contribution in [2.75, 3.05) is 19.1 Å². The van der Waals surface area contributed by atoms with Crippen molar-refractivity contribution in [3.8, 4) is 11.5 Å². The number of fused-ring (bicyclic) bond motifs is 1. The summed E-state index contributed by atoms with van der Waals surface area (Å²) >= 11 is 5.71. The molecule has 0 spiro atoms. The summed E-state index contributed by atoms with van der Waals surface area (Å²) in [4.78, 5) is 0. The third-order valence-corrected chi connectivity index (χ3v) is 5.23. The quantitative estimate of drug-likeness (QED) is 0.245. The lowest BCUT2D eigenvalue weighted by Gasteiger charge is -2.14. The molecule has 2 rings (SSSR count). The molecule has 0 unspecified atom stereocenters. The Hall–Kier alpha value is -1.41. The van der Waals surface area contributed by atoms with Crippen LogP contribution in [0.5, 0.6) is 11.5 Å². The largest absolute Gasteiger partial charge is 0.494 e. The lowest BCUT2D eigenvalue weighted by atomic mass is 10.0. The van der Waals surface area contributed by atoms with Crippen LogP contribution < -0.4 is 9.47 Å². The molecular weight excluding hydrogens is 356 g/mol. The van der Waals surface area contributed by atoms with Crippen LogP contribution in [-0.4, -0.2) is 19.1 Å². The summed E-state index contributed by atoms with van der Waals surface area (Å²) in [7, 11) is 0. The summed E-state index contributed by atoms with van der Waals surface area (Å²) in [5.74, 6) is 2.78. The molecule has 0 aliphatic rings. The van der Waals surface area contributed by atoms with Crippen LogP contribution in [0.4, 0.5) is 0 Å². The lowest BCUT2D eigenvalue weighted by molar-refractivity contribution is 0.302. The minimum atomic E-state index is 0.787. The molecular formula is C24H35ClO2. The zero-order chi connectivity index (χ0) is 19.3. The van der Waals surface area contributed by atoms with E-state index < -0.39 is 0 Å². The summed E-state index contributed by atoms with van der Waals surface area (Å²) in [6.07, 6.45) is 10.5. The fourth-order valence-corrected chi connectivity index (χ4v) is 3.55. The van der Waals surface area contributed by atoms with Crippen molar-refractivity contribution < 1.29 is 9.47 Å². The van der Waals surface area contributed by atoms with Gasteiger partial charge >= 0.3 is 0 Å². The third kappa shape index (κ3) is 7.25. The first-order chi connectivity index (χ1) is 13.3. The Kier molecular flexibility index (Phi) is 10.4. The molecule has 0 amide bonds. The molecule has 0 fully saturated rings. The van der Waals surface area contributed by atoms with Crippen molar-refractivity contribution >= 4 is 22.4 Å². The molecule has 150 valence electrons. The second-order valence-corrected chi connectivity index (χ2v) is 7.52. The van der Waals surface area contributed by atoms with Crippen molar-refractivity contribution in [3.05, 3.63) is 35.9 Å². The number of halogens is 1. The Labute approximate surface area is 170 Å². The molecule has 0 saturated heterocycles. The van der Waals surface area contributed by atoms with Gasteiger partial charge in [0.2, 0.25) is 0 Å². The molecule has 0 aromatic heterocycles. The highest BCUT2D eigenvalue weighted by Crippen LogP contribution is 2.31. The van der Waals surface area contributed by atoms with Crippen LogP contribution in [0.2, 0.25) is 0 Å². The minimum absolute atomic E-state index is 0.787. The van der Waals surface area contributed by atoms with E-state index in [-0.39, 0.29) is 0 Å². The fourth-order valence-electron chi connectivity index (χ4n) is 3.36. The summed E-state index contributed by atoms with van der Waals surface area (Å²) in [5.41, 5.74) is 1.30. The van der Waals surface area contributed by atoms with E-state index in [1.54, 1.807) is 0 Å². The number of aryl methyl sites for hydroxylation is 1. The van der Waals surface area contributed by atoms with Crippen molar-refractivity contribution in [2.45, 2.75) is 71.6 Å². The molecule has 2 aromatic rings. The number of hydrogen-bond donors (Lipinski definition) is 0. The zero-order valence-electron chi connectivity index (χ0n) is 17.1. The number of ether oxygens (including phenoxy) is 2. The molecule has 3 heteroatoms. The first-order valence-electron chi connectivity index (χ1n) is 10.7. The Morgan fingerprint density at radius 1 is 0.778 bits per heavy atom. The van der Waals surface area contributed by atoms with E-state index in [4.69, 9.17) is 21.1 Å². The van der Waals surface area contributed by atoms with Crippen molar-refractivity contribution in [1.82, 2.24) is 0 Å². The van der Waals surface area contributed by atoms with Crippen LogP contribution in [0, 0.1) is 0 Å². The highest BCUT2D eigenvalue weighted by Gasteiger charge is 2.08. The molecule has 0 radical (unpaired) electrons. The summed E-state index contributed by atoms with van der Waals surface area (Å²) < 4.78 is 12.0. The second kappa shape index (κ2) is 12.9. The molecule has 2 aromatic carbocycles. The smallest absolute Gasteiger partial charge is 0.123 e. The predicted octanol–water partition coefficient (Wildman–Crippen LogP) is 7.54. The van der Waals surface area contributed by atoms with E-state index in [0.717, 1.165) is 62.7 Å². The van der Waals surface area contributed by atoms with Gasteiger partial charge in [-0.25, -0.2) is 0 Å². The van der Waals surface area contributed by atoms with E-state index in [1.807, 2.05) is 0 Å². The maximum absolute atomic E-state index is 6.12. The van der Waals surface area contributed by atoms with Crippen molar-refractivity contribution in [2.24, 2.45) is 0 Å². The third-order valence-electron chi connectivity index (χ3n) is 4.97. The van der Waals surface area contributed by atoms with Crippen LogP contribution in [-0.2, 0) is 6.42 Å². The van der Waals surface area contributed by atoms with Crippen LogP contribution in [0.3, 0.4) is 0 Å². The van der Waals surface area contributed by atoms with Crippen molar-refractivity contribution in [1.29, 1.82) is 0 Å². The van der Waals surface area contributed by atoms with Crippen LogP contribution >= 0.6 is 11.6 Å². The highest BCUT2D eigenvalue weighted by atomic mass is 35.5. The van der Waals surface area contributed by atoms with E-state index in [2.05, 4.69) is 44.2 Å². The van der Waals surface area contributed by atoms with Crippen LogP contribution in [0.1, 0.15) is 70.8 Å². The van der Waals surface area contributed by atoms with E-state index in [1.165, 1.54) is 42.0 Å². The Bertz CT molecular complexity index is 669. The van der Waals surface area contributed by atoms with Crippen LogP contribution in [0.15, 0.2) is 30.3 Å². The minimum Gasteiger partial charge on any atom is -0.494 e. The maximum Gasteiger partial charge on any atom is 0.123 e. The Morgan fingerprint density at radius 2 is 1.52 bits per heavy atom.